The van der Waals surface area contributed by atoms with E-state index < -0.39 is 15.7 Å². The van der Waals surface area contributed by atoms with E-state index in [9.17, 15) is 14.3 Å². The van der Waals surface area contributed by atoms with Gasteiger partial charge in [0, 0.05) is 48.0 Å². The molecule has 1 aromatic heterocycles. The Balaban J connectivity index is 2.26. The van der Waals surface area contributed by atoms with Crippen LogP contribution in [0.25, 0.3) is 0 Å². The van der Waals surface area contributed by atoms with Crippen LogP contribution < -0.4 is 10.2 Å². The lowest BCUT2D eigenvalue weighted by Crippen LogP contribution is -2.38. The molecule has 2 heterocycles. The van der Waals surface area contributed by atoms with Gasteiger partial charge in [0.05, 0.1) is 4.92 Å². The van der Waals surface area contributed by atoms with Crippen molar-refractivity contribution in [3.05, 3.63) is 22.2 Å². The average Bonchev–Trinajstić information content (AvgIpc) is 2.45. The third-order valence-corrected chi connectivity index (χ3v) is 4.36. The van der Waals surface area contributed by atoms with Crippen molar-refractivity contribution in [3.8, 4) is 0 Å². The summed E-state index contributed by atoms with van der Waals surface area (Å²) >= 11 is 0. The number of hydrogen-bond donors (Lipinski definition) is 1. The van der Waals surface area contributed by atoms with Crippen molar-refractivity contribution in [3.63, 3.8) is 0 Å². The van der Waals surface area contributed by atoms with Crippen LogP contribution in [0.3, 0.4) is 0 Å². The highest BCUT2D eigenvalue weighted by Crippen LogP contribution is 2.28. The van der Waals surface area contributed by atoms with Gasteiger partial charge >= 0.3 is 5.69 Å². The molecule has 0 radical (unpaired) electrons. The fourth-order valence-corrected chi connectivity index (χ4v) is 3.07. The lowest BCUT2D eigenvalue weighted by atomic mass is 10.3. The van der Waals surface area contributed by atoms with E-state index in [2.05, 4.69) is 10.3 Å². The topological polar surface area (TPSA) is 88.4 Å². The van der Waals surface area contributed by atoms with Crippen LogP contribution in [0.15, 0.2) is 12.1 Å². The molecule has 0 aromatic carbocycles. The number of anilines is 2. The second-order valence-corrected chi connectivity index (χ2v) is 6.25. The van der Waals surface area contributed by atoms with Crippen molar-refractivity contribution in [1.82, 2.24) is 4.98 Å². The average molecular weight is 298 g/mol. The zero-order valence-electron chi connectivity index (χ0n) is 11.4. The lowest BCUT2D eigenvalue weighted by Gasteiger charge is -2.27. The Kier molecular flexibility index (Phi) is 4.89. The zero-order valence-corrected chi connectivity index (χ0v) is 12.2. The minimum absolute atomic E-state index is 0.000249. The van der Waals surface area contributed by atoms with Crippen molar-refractivity contribution in [1.29, 1.82) is 0 Å². The maximum Gasteiger partial charge on any atom is 0.311 e. The molecule has 7 nitrogen and oxygen atoms in total. The van der Waals surface area contributed by atoms with Gasteiger partial charge in [-0.25, -0.2) is 4.98 Å². The molecule has 0 amide bonds. The third-order valence-electron chi connectivity index (χ3n) is 3.08. The summed E-state index contributed by atoms with van der Waals surface area (Å²) in [7, 11) is -0.817. The second kappa shape index (κ2) is 6.65. The largest absolute Gasteiger partial charge is 0.370 e. The van der Waals surface area contributed by atoms with Gasteiger partial charge in [0.1, 0.15) is 5.82 Å². The van der Waals surface area contributed by atoms with Gasteiger partial charge in [0.2, 0.25) is 5.82 Å². The van der Waals surface area contributed by atoms with Crippen LogP contribution in [-0.4, -0.2) is 45.3 Å². The summed E-state index contributed by atoms with van der Waals surface area (Å²) in [5, 5.41) is 14.2. The van der Waals surface area contributed by atoms with E-state index in [1.807, 2.05) is 11.8 Å². The molecule has 0 saturated carbocycles. The molecule has 110 valence electrons. The monoisotopic (exact) mass is 298 g/mol. The van der Waals surface area contributed by atoms with Crippen molar-refractivity contribution in [2.75, 3.05) is 41.4 Å². The number of nitrogens with zero attached hydrogens (tertiary/aromatic N) is 3. The SMILES string of the molecule is CCCNc1ccc([N+](=O)[O-])c(N2CCS(=O)CC2)n1. The number of rotatable bonds is 5. The highest BCUT2D eigenvalue weighted by Gasteiger charge is 2.25. The van der Waals surface area contributed by atoms with Gasteiger partial charge in [-0.3, -0.25) is 14.3 Å². The molecule has 1 fully saturated rings. The Morgan fingerprint density at radius 1 is 1.45 bits per heavy atom. The highest BCUT2D eigenvalue weighted by molar-refractivity contribution is 7.85. The third kappa shape index (κ3) is 3.44. The molecule has 0 aliphatic carbocycles. The van der Waals surface area contributed by atoms with Crippen LogP contribution in [0.5, 0.6) is 0 Å². The van der Waals surface area contributed by atoms with Crippen LogP contribution in [-0.2, 0) is 10.8 Å². The normalized spacial score (nSPS) is 16.1. The van der Waals surface area contributed by atoms with E-state index in [-0.39, 0.29) is 5.69 Å². The van der Waals surface area contributed by atoms with Crippen LogP contribution in [0.1, 0.15) is 13.3 Å². The Labute approximate surface area is 120 Å². The first kappa shape index (κ1) is 14.7. The lowest BCUT2D eigenvalue weighted by molar-refractivity contribution is -0.384. The first-order chi connectivity index (χ1) is 9.61. The Hall–Kier alpha value is -1.70. The molecule has 1 N–H and O–H groups in total. The molecule has 1 aromatic rings. The maximum absolute atomic E-state index is 11.4. The van der Waals surface area contributed by atoms with Crippen molar-refractivity contribution >= 4 is 28.1 Å². The Morgan fingerprint density at radius 3 is 2.75 bits per heavy atom. The molecule has 0 atom stereocenters. The maximum atomic E-state index is 11.4. The number of nitrogens with one attached hydrogen (secondary N) is 1. The van der Waals surface area contributed by atoms with E-state index in [0.717, 1.165) is 13.0 Å². The molecule has 1 aliphatic heterocycles. The summed E-state index contributed by atoms with van der Waals surface area (Å²) in [6, 6.07) is 3.10. The molecule has 2 rings (SSSR count). The van der Waals surface area contributed by atoms with Gasteiger partial charge in [0.15, 0.2) is 0 Å². The van der Waals surface area contributed by atoms with E-state index in [1.54, 1.807) is 6.07 Å². The van der Waals surface area contributed by atoms with Gasteiger partial charge in [-0.2, -0.15) is 0 Å². The smallest absolute Gasteiger partial charge is 0.311 e. The molecular formula is C12H18N4O3S. The Bertz CT molecular complexity index is 513. The quantitative estimate of drug-likeness (QED) is 0.652. The van der Waals surface area contributed by atoms with E-state index in [4.69, 9.17) is 0 Å². The highest BCUT2D eigenvalue weighted by atomic mass is 32.2. The molecule has 0 bridgehead atoms. The first-order valence-corrected chi connectivity index (χ1v) is 8.10. The minimum atomic E-state index is -0.817. The number of nitro groups is 1. The van der Waals surface area contributed by atoms with Crippen molar-refractivity contribution < 1.29 is 9.13 Å². The fraction of sp³-hybridized carbons (Fsp3) is 0.583. The van der Waals surface area contributed by atoms with Crippen LogP contribution in [0, 0.1) is 10.1 Å². The predicted octanol–water partition coefficient (Wildman–Crippen LogP) is 1.38. The first-order valence-electron chi connectivity index (χ1n) is 6.61. The fourth-order valence-electron chi connectivity index (χ4n) is 2.02. The summed E-state index contributed by atoms with van der Waals surface area (Å²) < 4.78 is 11.4. The van der Waals surface area contributed by atoms with Crippen LogP contribution in [0.2, 0.25) is 0 Å². The van der Waals surface area contributed by atoms with Gasteiger partial charge in [-0.05, 0) is 12.5 Å². The van der Waals surface area contributed by atoms with Gasteiger partial charge in [-0.15, -0.1) is 0 Å². The number of pyridine rings is 1. The molecular weight excluding hydrogens is 280 g/mol. The summed E-state index contributed by atoms with van der Waals surface area (Å²) in [6.07, 6.45) is 0.955. The van der Waals surface area contributed by atoms with Crippen LogP contribution in [0.4, 0.5) is 17.3 Å². The predicted molar refractivity (Wildman–Crippen MR) is 79.8 cm³/mol. The van der Waals surface area contributed by atoms with Crippen LogP contribution >= 0.6 is 0 Å². The standard InChI is InChI=1S/C12H18N4O3S/c1-2-5-13-11-4-3-10(16(17)18)12(14-11)15-6-8-20(19)9-7-15/h3-4H,2,5-9H2,1H3,(H,13,14). The Morgan fingerprint density at radius 2 is 2.15 bits per heavy atom. The zero-order chi connectivity index (χ0) is 14.5. The second-order valence-electron chi connectivity index (χ2n) is 4.56. The van der Waals surface area contributed by atoms with Gasteiger partial charge in [-0.1, -0.05) is 6.92 Å². The van der Waals surface area contributed by atoms with E-state index in [1.165, 1.54) is 6.07 Å². The van der Waals surface area contributed by atoms with E-state index in [0.29, 0.717) is 36.2 Å². The molecule has 1 saturated heterocycles. The van der Waals surface area contributed by atoms with Crippen molar-refractivity contribution in [2.24, 2.45) is 0 Å². The molecule has 1 aliphatic rings. The summed E-state index contributed by atoms with van der Waals surface area (Å²) in [5.41, 5.74) is -0.000249. The number of hydrogen-bond acceptors (Lipinski definition) is 6. The summed E-state index contributed by atoms with van der Waals surface area (Å²) in [4.78, 5) is 16.9. The molecule has 8 heteroatoms. The summed E-state index contributed by atoms with van der Waals surface area (Å²) in [5.74, 6) is 2.07. The molecule has 20 heavy (non-hydrogen) atoms. The van der Waals surface area contributed by atoms with Gasteiger partial charge < -0.3 is 10.2 Å². The minimum Gasteiger partial charge on any atom is -0.370 e. The molecule has 0 spiro atoms. The van der Waals surface area contributed by atoms with Gasteiger partial charge in [0.25, 0.3) is 0 Å². The van der Waals surface area contributed by atoms with Crippen molar-refractivity contribution in [2.45, 2.75) is 13.3 Å². The molecule has 0 unspecified atom stereocenters. The summed E-state index contributed by atoms with van der Waals surface area (Å²) in [6.45, 7) is 3.89. The number of aromatic nitrogens is 1. The van der Waals surface area contributed by atoms with E-state index >= 15 is 0 Å².